The van der Waals surface area contributed by atoms with Gasteiger partial charge in [-0.2, -0.15) is 9.75 Å². The Hall–Kier alpha value is -2.61. The number of nitrogens with zero attached hydrogens (tertiary/aromatic N) is 3. The third kappa shape index (κ3) is 3.05. The van der Waals surface area contributed by atoms with E-state index in [1.807, 2.05) is 30.3 Å². The molecule has 0 aromatic heterocycles. The number of hydrogen-bond acceptors (Lipinski definition) is 5. The molecule has 2 heterocycles. The van der Waals surface area contributed by atoms with Gasteiger partial charge in [0.1, 0.15) is 11.6 Å². The topological polar surface area (TPSA) is 69.0 Å². The number of nitrogens with one attached hydrogen (secondary N) is 1. The lowest BCUT2D eigenvalue weighted by atomic mass is 10.0. The fourth-order valence-electron chi connectivity index (χ4n) is 3.05. The molecule has 1 fully saturated rings. The molecule has 0 amide bonds. The molecule has 1 N–H and O–H groups in total. The fraction of sp³-hybridized carbons (Fsp3) is 0.222. The van der Waals surface area contributed by atoms with Crippen LogP contribution in [0.3, 0.4) is 0 Å². The predicted octanol–water partition coefficient (Wildman–Crippen LogP) is 2.59. The first-order valence-electron chi connectivity index (χ1n) is 8.06. The van der Waals surface area contributed by atoms with Crippen LogP contribution in [0, 0.1) is 11.0 Å². The van der Waals surface area contributed by atoms with E-state index in [1.165, 1.54) is 12.1 Å². The van der Waals surface area contributed by atoms with Gasteiger partial charge in [0.05, 0.1) is 13.1 Å². The molecule has 2 aromatic rings. The van der Waals surface area contributed by atoms with Crippen molar-refractivity contribution in [3.63, 3.8) is 0 Å². The fourth-order valence-corrected chi connectivity index (χ4v) is 3.05. The minimum Gasteiger partial charge on any atom is -0.598 e. The summed E-state index contributed by atoms with van der Waals surface area (Å²) < 4.78 is 17.9. The summed E-state index contributed by atoms with van der Waals surface area (Å²) in [6, 6.07) is 14.8. The smallest absolute Gasteiger partial charge is 0.246 e. The van der Waals surface area contributed by atoms with Crippen molar-refractivity contribution in [2.45, 2.75) is 6.04 Å². The van der Waals surface area contributed by atoms with Crippen LogP contribution < -0.4 is 10.1 Å². The van der Waals surface area contributed by atoms with E-state index in [0.717, 1.165) is 5.56 Å². The van der Waals surface area contributed by atoms with Crippen molar-refractivity contribution in [2.24, 2.45) is 10.1 Å². The molecule has 2 aliphatic rings. The minimum absolute atomic E-state index is 0.131. The van der Waals surface area contributed by atoms with Crippen LogP contribution in [-0.2, 0) is 0 Å². The molecule has 25 heavy (non-hydrogen) atoms. The van der Waals surface area contributed by atoms with E-state index in [9.17, 15) is 9.60 Å². The molecule has 128 valence electrons. The standard InChI is InChI=1S/C18H17FN4O2/c19-14-8-6-13(7-9-14)16-10-20-11-18-21-17(22-23(16,18)24)12-25-15-4-2-1-3-5-15/h1-9,16,20H,10-12H2. The number of hydrogen-bond donors (Lipinski definition) is 1. The minimum atomic E-state index is -0.883. The number of ether oxygens (including phenoxy) is 1. The number of hydroxylamine groups is 2. The highest BCUT2D eigenvalue weighted by atomic mass is 19.1. The quantitative estimate of drug-likeness (QED) is 0.687. The van der Waals surface area contributed by atoms with Crippen LogP contribution in [0.15, 0.2) is 64.7 Å². The summed E-state index contributed by atoms with van der Waals surface area (Å²) in [7, 11) is 0. The number of fused-ring (bicyclic) bond motifs is 1. The number of rotatable bonds is 4. The highest BCUT2D eigenvalue weighted by Gasteiger charge is 2.44. The summed E-state index contributed by atoms with van der Waals surface area (Å²) in [5.74, 6) is 1.12. The number of halogens is 1. The molecule has 0 bridgehead atoms. The Morgan fingerprint density at radius 3 is 2.68 bits per heavy atom. The monoisotopic (exact) mass is 340 g/mol. The number of quaternary nitrogens is 1. The Labute approximate surface area is 144 Å². The number of amidine groups is 2. The Balaban J connectivity index is 1.56. The van der Waals surface area contributed by atoms with E-state index in [-0.39, 0.29) is 12.4 Å². The molecule has 7 heteroatoms. The van der Waals surface area contributed by atoms with Gasteiger partial charge in [-0.3, -0.25) is 0 Å². The Morgan fingerprint density at radius 1 is 1.16 bits per heavy atom. The summed E-state index contributed by atoms with van der Waals surface area (Å²) >= 11 is 0. The van der Waals surface area contributed by atoms with Gasteiger partial charge in [-0.25, -0.2) is 4.39 Å². The van der Waals surface area contributed by atoms with Gasteiger partial charge in [-0.1, -0.05) is 35.4 Å². The summed E-state index contributed by atoms with van der Waals surface area (Å²) in [5.41, 5.74) is 0.727. The lowest BCUT2D eigenvalue weighted by Gasteiger charge is -2.43. The first-order chi connectivity index (χ1) is 12.1. The largest absolute Gasteiger partial charge is 0.598 e. The highest BCUT2D eigenvalue weighted by molar-refractivity contribution is 5.99. The molecule has 0 aliphatic carbocycles. The van der Waals surface area contributed by atoms with E-state index in [2.05, 4.69) is 15.4 Å². The Kier molecular flexibility index (Phi) is 4.04. The van der Waals surface area contributed by atoms with Crippen molar-refractivity contribution in [1.29, 1.82) is 0 Å². The second-order valence-electron chi connectivity index (χ2n) is 5.97. The zero-order valence-corrected chi connectivity index (χ0v) is 13.4. The van der Waals surface area contributed by atoms with E-state index in [0.29, 0.717) is 30.5 Å². The van der Waals surface area contributed by atoms with Crippen molar-refractivity contribution in [2.75, 3.05) is 19.7 Å². The van der Waals surface area contributed by atoms with Crippen LogP contribution >= 0.6 is 0 Å². The van der Waals surface area contributed by atoms with Crippen LogP contribution in [0.2, 0.25) is 0 Å². The molecule has 0 spiro atoms. The predicted molar refractivity (Wildman–Crippen MR) is 92.4 cm³/mol. The summed E-state index contributed by atoms with van der Waals surface area (Å²) in [6.45, 7) is 0.954. The van der Waals surface area contributed by atoms with E-state index >= 15 is 0 Å². The van der Waals surface area contributed by atoms with Crippen molar-refractivity contribution >= 4 is 11.7 Å². The Morgan fingerprint density at radius 2 is 1.92 bits per heavy atom. The zero-order valence-electron chi connectivity index (χ0n) is 13.4. The first-order valence-corrected chi connectivity index (χ1v) is 8.06. The highest BCUT2D eigenvalue weighted by Crippen LogP contribution is 2.34. The maximum Gasteiger partial charge on any atom is 0.246 e. The third-order valence-corrected chi connectivity index (χ3v) is 4.30. The lowest BCUT2D eigenvalue weighted by Crippen LogP contribution is -2.56. The van der Waals surface area contributed by atoms with Gasteiger partial charge in [0.2, 0.25) is 11.7 Å². The molecule has 6 nitrogen and oxygen atoms in total. The second kappa shape index (κ2) is 6.36. The van der Waals surface area contributed by atoms with E-state index < -0.39 is 10.8 Å². The molecule has 1 saturated heterocycles. The lowest BCUT2D eigenvalue weighted by molar-refractivity contribution is -0.831. The number of benzene rings is 2. The zero-order chi connectivity index (χ0) is 17.3. The normalized spacial score (nSPS) is 25.1. The van der Waals surface area contributed by atoms with Gasteiger partial charge in [-0.15, -0.1) is 0 Å². The summed E-state index contributed by atoms with van der Waals surface area (Å²) in [5, 5.41) is 20.8. The molecule has 0 radical (unpaired) electrons. The number of piperazine rings is 1. The molecule has 2 aromatic carbocycles. The van der Waals surface area contributed by atoms with Crippen LogP contribution in [0.5, 0.6) is 5.75 Å². The Bertz CT molecular complexity index is 823. The van der Waals surface area contributed by atoms with Crippen LogP contribution in [0.1, 0.15) is 11.6 Å². The van der Waals surface area contributed by atoms with Crippen molar-refractivity contribution in [1.82, 2.24) is 5.32 Å². The molecular formula is C18H17FN4O2. The maximum absolute atomic E-state index is 13.4. The summed E-state index contributed by atoms with van der Waals surface area (Å²) in [6.07, 6.45) is 0. The molecule has 2 aliphatic heterocycles. The molecule has 2 atom stereocenters. The van der Waals surface area contributed by atoms with Gasteiger partial charge in [0.25, 0.3) is 0 Å². The molecule has 2 unspecified atom stereocenters. The SMILES string of the molecule is [O-][N+]12N=C(COc3ccccc3)N=C1CNCC2c1ccc(F)cc1. The van der Waals surface area contributed by atoms with Gasteiger partial charge in [0.15, 0.2) is 12.6 Å². The molecule has 4 rings (SSSR count). The average molecular weight is 340 g/mol. The van der Waals surface area contributed by atoms with Gasteiger partial charge in [-0.05, 0) is 24.3 Å². The number of para-hydroxylation sites is 1. The van der Waals surface area contributed by atoms with Crippen LogP contribution in [0.25, 0.3) is 0 Å². The second-order valence-corrected chi connectivity index (χ2v) is 5.97. The van der Waals surface area contributed by atoms with Crippen molar-refractivity contribution in [3.8, 4) is 5.75 Å². The average Bonchev–Trinajstić information content (AvgIpc) is 2.98. The van der Waals surface area contributed by atoms with Crippen molar-refractivity contribution < 1.29 is 13.9 Å². The van der Waals surface area contributed by atoms with E-state index in [4.69, 9.17) is 4.74 Å². The van der Waals surface area contributed by atoms with E-state index in [1.54, 1.807) is 12.1 Å². The summed E-state index contributed by atoms with van der Waals surface area (Å²) in [4.78, 5) is 4.35. The number of aliphatic imine (C=N–C) groups is 1. The maximum atomic E-state index is 13.4. The molecule has 0 saturated carbocycles. The molecular weight excluding hydrogens is 323 g/mol. The van der Waals surface area contributed by atoms with Crippen LogP contribution in [-0.4, -0.2) is 36.1 Å². The third-order valence-electron chi connectivity index (χ3n) is 4.30. The van der Waals surface area contributed by atoms with Gasteiger partial charge >= 0.3 is 0 Å². The van der Waals surface area contributed by atoms with Crippen LogP contribution in [0.4, 0.5) is 4.39 Å². The van der Waals surface area contributed by atoms with Gasteiger partial charge < -0.3 is 15.3 Å². The first kappa shape index (κ1) is 15.9. The van der Waals surface area contributed by atoms with Crippen molar-refractivity contribution in [3.05, 3.63) is 71.2 Å². The van der Waals surface area contributed by atoms with Gasteiger partial charge in [0, 0.05) is 5.56 Å².